The van der Waals surface area contributed by atoms with E-state index < -0.39 is 6.16 Å². The molecule has 0 aliphatic carbocycles. The zero-order valence-electron chi connectivity index (χ0n) is 9.45. The number of methoxy groups -OCH3 is 1. The summed E-state index contributed by atoms with van der Waals surface area (Å²) in [6.45, 7) is 2.03. The van der Waals surface area contributed by atoms with Gasteiger partial charge in [0.25, 0.3) is 0 Å². The summed E-state index contributed by atoms with van der Waals surface area (Å²) in [4.78, 5) is 10.9. The van der Waals surface area contributed by atoms with E-state index in [2.05, 4.69) is 9.85 Å². The second kappa shape index (κ2) is 7.01. The van der Waals surface area contributed by atoms with E-state index in [-0.39, 0.29) is 6.61 Å². The second-order valence-corrected chi connectivity index (χ2v) is 3.51. The molecule has 90 valence electrons. The van der Waals surface area contributed by atoms with Gasteiger partial charge in [0, 0.05) is 22.6 Å². The molecule has 0 saturated heterocycles. The minimum atomic E-state index is -0.695. The van der Waals surface area contributed by atoms with Crippen molar-refractivity contribution in [3.63, 3.8) is 0 Å². The van der Waals surface area contributed by atoms with Crippen LogP contribution in [0.1, 0.15) is 12.5 Å². The Balaban J connectivity index is 0.000000317. The molecule has 5 heteroatoms. The van der Waals surface area contributed by atoms with Crippen molar-refractivity contribution in [3.8, 4) is 21.3 Å². The van der Waals surface area contributed by atoms with Crippen LogP contribution in [0.15, 0.2) is 18.2 Å². The molecule has 0 spiro atoms. The number of hydrogen-bond donors (Lipinski definition) is 0. The fourth-order valence-electron chi connectivity index (χ4n) is 1.15. The van der Waals surface area contributed by atoms with Crippen LogP contribution in [0.5, 0.6) is 11.5 Å². The van der Waals surface area contributed by atoms with Crippen LogP contribution in [0.25, 0.3) is 0 Å². The SMILES string of the molecule is CC#CI.COc1cc2ccc1OC(=O)OC2. The molecule has 0 N–H and O–H groups in total. The first-order valence-corrected chi connectivity index (χ1v) is 5.83. The molecule has 0 amide bonds. The van der Waals surface area contributed by atoms with Crippen LogP contribution in [0.4, 0.5) is 4.79 Å². The average Bonchev–Trinajstić information content (AvgIpc) is 2.34. The van der Waals surface area contributed by atoms with E-state index in [1.807, 2.05) is 35.6 Å². The molecule has 3 rings (SSSR count). The number of rotatable bonds is 1. The fourth-order valence-corrected chi connectivity index (χ4v) is 1.15. The molecule has 0 saturated carbocycles. The normalized spacial score (nSPS) is 11.6. The van der Waals surface area contributed by atoms with Crippen LogP contribution < -0.4 is 9.47 Å². The quantitative estimate of drug-likeness (QED) is 0.339. The molecule has 1 aromatic carbocycles. The number of hydrogen-bond acceptors (Lipinski definition) is 4. The van der Waals surface area contributed by atoms with E-state index in [0.717, 1.165) is 5.56 Å². The number of ether oxygens (including phenoxy) is 3. The second-order valence-electron chi connectivity index (χ2n) is 2.97. The van der Waals surface area contributed by atoms with Gasteiger partial charge >= 0.3 is 6.16 Å². The first kappa shape index (κ1) is 13.6. The van der Waals surface area contributed by atoms with Crippen molar-refractivity contribution in [2.24, 2.45) is 0 Å². The van der Waals surface area contributed by atoms with Gasteiger partial charge in [-0.05, 0) is 28.5 Å². The lowest BCUT2D eigenvalue weighted by Gasteiger charge is -2.14. The van der Waals surface area contributed by atoms with Crippen LogP contribution in [-0.4, -0.2) is 13.3 Å². The van der Waals surface area contributed by atoms with Crippen molar-refractivity contribution < 1.29 is 19.0 Å². The summed E-state index contributed by atoms with van der Waals surface area (Å²) in [6, 6.07) is 5.29. The molecule has 2 heterocycles. The van der Waals surface area contributed by atoms with Crippen molar-refractivity contribution in [3.05, 3.63) is 23.8 Å². The summed E-state index contributed by atoms with van der Waals surface area (Å²) in [5.41, 5.74) is 0.886. The van der Waals surface area contributed by atoms with Crippen LogP contribution >= 0.6 is 22.6 Å². The molecule has 0 aromatic heterocycles. The van der Waals surface area contributed by atoms with E-state index in [4.69, 9.17) is 14.2 Å². The van der Waals surface area contributed by atoms with Gasteiger partial charge in [0.1, 0.15) is 6.61 Å². The molecule has 0 fully saturated rings. The van der Waals surface area contributed by atoms with Gasteiger partial charge in [-0.2, -0.15) is 0 Å². The third kappa shape index (κ3) is 4.15. The van der Waals surface area contributed by atoms with Gasteiger partial charge < -0.3 is 14.2 Å². The molecule has 17 heavy (non-hydrogen) atoms. The highest BCUT2D eigenvalue weighted by Crippen LogP contribution is 2.30. The van der Waals surface area contributed by atoms with Crippen LogP contribution in [-0.2, 0) is 11.3 Å². The molecular weight excluding hydrogens is 335 g/mol. The Morgan fingerprint density at radius 3 is 2.76 bits per heavy atom. The number of carbonyl (C=O) groups is 1. The monoisotopic (exact) mass is 346 g/mol. The van der Waals surface area contributed by atoms with Gasteiger partial charge in [-0.3, -0.25) is 0 Å². The predicted octanol–water partition coefficient (Wildman–Crippen LogP) is 3.13. The standard InChI is InChI=1S/C9H8O4.C3H3I/c1-11-8-4-6-2-3-7(8)13-9(10)12-5-6;1-2-3-4/h2-4H,5H2,1H3;1H3. The molecule has 2 aliphatic heterocycles. The van der Waals surface area contributed by atoms with Gasteiger partial charge in [0.2, 0.25) is 0 Å². The molecule has 0 atom stereocenters. The summed E-state index contributed by atoms with van der Waals surface area (Å²) in [5, 5.41) is 0. The average molecular weight is 346 g/mol. The first-order valence-electron chi connectivity index (χ1n) is 4.75. The Hall–Kier alpha value is -1.42. The maximum Gasteiger partial charge on any atom is 0.514 e. The Kier molecular flexibility index (Phi) is 5.63. The maximum absolute atomic E-state index is 10.9. The highest BCUT2D eigenvalue weighted by atomic mass is 127. The minimum absolute atomic E-state index is 0.218. The van der Waals surface area contributed by atoms with Gasteiger partial charge in [-0.1, -0.05) is 12.0 Å². The van der Waals surface area contributed by atoms with E-state index >= 15 is 0 Å². The highest BCUT2D eigenvalue weighted by molar-refractivity contribution is 14.1. The lowest BCUT2D eigenvalue weighted by Crippen LogP contribution is -2.13. The Morgan fingerprint density at radius 2 is 2.18 bits per heavy atom. The number of benzene rings is 1. The summed E-state index contributed by atoms with van der Waals surface area (Å²) in [6.07, 6.45) is -0.695. The largest absolute Gasteiger partial charge is 0.514 e. The first-order chi connectivity index (χ1) is 8.21. The number of halogens is 1. The van der Waals surface area contributed by atoms with Gasteiger partial charge in [0.15, 0.2) is 11.5 Å². The molecule has 0 unspecified atom stereocenters. The lowest BCUT2D eigenvalue weighted by atomic mass is 10.2. The summed E-state index contributed by atoms with van der Waals surface area (Å²) >= 11 is 1.99. The zero-order valence-corrected chi connectivity index (χ0v) is 11.6. The Labute approximate surface area is 113 Å². The van der Waals surface area contributed by atoms with E-state index in [1.165, 1.54) is 7.11 Å². The summed E-state index contributed by atoms with van der Waals surface area (Å²) < 4.78 is 17.3. The zero-order chi connectivity index (χ0) is 12.7. The van der Waals surface area contributed by atoms with Crippen molar-refractivity contribution in [1.82, 2.24) is 0 Å². The van der Waals surface area contributed by atoms with E-state index in [1.54, 1.807) is 12.1 Å². The molecule has 1 aromatic rings. The van der Waals surface area contributed by atoms with Crippen LogP contribution in [0.3, 0.4) is 0 Å². The topological polar surface area (TPSA) is 44.8 Å². The Morgan fingerprint density at radius 1 is 1.47 bits per heavy atom. The number of carbonyl (C=O) groups excluding carboxylic acids is 1. The lowest BCUT2D eigenvalue weighted by molar-refractivity contribution is 0.0891. The Bertz CT molecular complexity index is 453. The highest BCUT2D eigenvalue weighted by Gasteiger charge is 2.15. The molecule has 4 nitrogen and oxygen atoms in total. The summed E-state index contributed by atoms with van der Waals surface area (Å²) in [7, 11) is 1.53. The third-order valence-electron chi connectivity index (χ3n) is 1.87. The predicted molar refractivity (Wildman–Crippen MR) is 71.3 cm³/mol. The fraction of sp³-hybridized carbons (Fsp3) is 0.250. The molecule has 2 aliphatic rings. The smallest absolute Gasteiger partial charge is 0.493 e. The van der Waals surface area contributed by atoms with Crippen molar-refractivity contribution >= 4 is 28.7 Å². The van der Waals surface area contributed by atoms with Crippen molar-refractivity contribution in [2.45, 2.75) is 13.5 Å². The van der Waals surface area contributed by atoms with Crippen molar-refractivity contribution in [2.75, 3.05) is 7.11 Å². The van der Waals surface area contributed by atoms with Gasteiger partial charge in [0.05, 0.1) is 7.11 Å². The molecule has 2 bridgehead atoms. The van der Waals surface area contributed by atoms with Crippen LogP contribution in [0, 0.1) is 9.85 Å². The van der Waals surface area contributed by atoms with E-state index in [0.29, 0.717) is 11.5 Å². The van der Waals surface area contributed by atoms with E-state index in [9.17, 15) is 4.79 Å². The third-order valence-corrected chi connectivity index (χ3v) is 2.41. The summed E-state index contributed by atoms with van der Waals surface area (Å²) in [5.74, 6) is 3.60. The van der Waals surface area contributed by atoms with Gasteiger partial charge in [-0.15, -0.1) is 0 Å². The minimum Gasteiger partial charge on any atom is -0.493 e. The molecule has 0 radical (unpaired) electrons. The maximum atomic E-state index is 10.9. The van der Waals surface area contributed by atoms with Crippen LogP contribution in [0.2, 0.25) is 0 Å². The van der Waals surface area contributed by atoms with Gasteiger partial charge in [-0.25, -0.2) is 4.79 Å². The molecular formula is C12H11IO4. The number of fused-ring (bicyclic) bond motifs is 5. The van der Waals surface area contributed by atoms with Crippen molar-refractivity contribution in [1.29, 1.82) is 0 Å².